The highest BCUT2D eigenvalue weighted by Crippen LogP contribution is 2.37. The summed E-state index contributed by atoms with van der Waals surface area (Å²) in [5.74, 6) is -0.615. The summed E-state index contributed by atoms with van der Waals surface area (Å²) < 4.78 is 42.9. The molecular weight excluding hydrogens is 461 g/mol. The molecule has 3 nitrogen and oxygen atoms in total. The van der Waals surface area contributed by atoms with E-state index in [2.05, 4.69) is 6.07 Å². The van der Waals surface area contributed by atoms with Crippen molar-refractivity contribution in [2.45, 2.75) is 12.7 Å². The van der Waals surface area contributed by atoms with Crippen LogP contribution >= 0.6 is 11.6 Å². The van der Waals surface area contributed by atoms with Gasteiger partial charge in [-0.2, -0.15) is 13.2 Å². The molecule has 169 valence electrons. The first-order chi connectivity index (χ1) is 16.2. The van der Waals surface area contributed by atoms with Gasteiger partial charge in [-0.05, 0) is 65.2 Å². The van der Waals surface area contributed by atoms with Crippen molar-refractivity contribution in [3.05, 3.63) is 107 Å². The smallest absolute Gasteiger partial charge is 0.366 e. The van der Waals surface area contributed by atoms with Gasteiger partial charge >= 0.3 is 6.18 Å². The quantitative estimate of drug-likeness (QED) is 0.295. The highest BCUT2D eigenvalue weighted by atomic mass is 35.5. The number of nitrogens with two attached hydrogens (primary N) is 1. The Morgan fingerprint density at radius 3 is 2.38 bits per heavy atom. The van der Waals surface area contributed by atoms with Crippen molar-refractivity contribution >= 4 is 39.3 Å². The van der Waals surface area contributed by atoms with Crippen LogP contribution in [0.25, 0.3) is 32.9 Å². The SMILES string of the molecule is NC(=O)c1cccc2c1c1[c]cc(-c3ccc(Cl)cc3)cc1n2Cc1ccccc1C(F)(F)F. The zero-order chi connectivity index (χ0) is 24.0. The molecule has 7 heteroatoms. The van der Waals surface area contributed by atoms with Gasteiger partial charge in [0, 0.05) is 27.9 Å². The number of alkyl halides is 3. The maximum absolute atomic E-state index is 13.7. The van der Waals surface area contributed by atoms with Gasteiger partial charge in [0.15, 0.2) is 0 Å². The first-order valence-electron chi connectivity index (χ1n) is 10.4. The summed E-state index contributed by atoms with van der Waals surface area (Å²) in [6, 6.07) is 24.7. The van der Waals surface area contributed by atoms with Gasteiger partial charge in [0.2, 0.25) is 5.91 Å². The molecule has 0 spiro atoms. The summed E-state index contributed by atoms with van der Waals surface area (Å²) >= 11 is 6.01. The largest absolute Gasteiger partial charge is 0.416 e. The molecule has 0 atom stereocenters. The van der Waals surface area contributed by atoms with Gasteiger partial charge in [-0.1, -0.05) is 48.0 Å². The molecule has 1 heterocycles. The van der Waals surface area contributed by atoms with Gasteiger partial charge in [0.25, 0.3) is 0 Å². The summed E-state index contributed by atoms with van der Waals surface area (Å²) in [6.07, 6.45) is -4.49. The molecule has 1 aromatic heterocycles. The van der Waals surface area contributed by atoms with Gasteiger partial charge in [0.05, 0.1) is 16.6 Å². The van der Waals surface area contributed by atoms with Gasteiger partial charge in [-0.15, -0.1) is 0 Å². The number of carbonyl (C=O) groups is 1. The number of halogens is 4. The summed E-state index contributed by atoms with van der Waals surface area (Å²) in [4.78, 5) is 12.2. The van der Waals surface area contributed by atoms with E-state index in [1.807, 2.05) is 18.2 Å². The van der Waals surface area contributed by atoms with Crippen LogP contribution in [0.15, 0.2) is 78.9 Å². The predicted octanol–water partition coefficient (Wildman–Crippen LogP) is 7.08. The second kappa shape index (κ2) is 8.22. The molecule has 1 amide bonds. The third kappa shape index (κ3) is 3.80. The van der Waals surface area contributed by atoms with Crippen molar-refractivity contribution in [3.63, 3.8) is 0 Å². The molecule has 0 aliphatic carbocycles. The van der Waals surface area contributed by atoms with E-state index >= 15 is 0 Å². The van der Waals surface area contributed by atoms with Crippen LogP contribution in [0.2, 0.25) is 5.02 Å². The number of hydrogen-bond donors (Lipinski definition) is 1. The molecule has 0 saturated carbocycles. The van der Waals surface area contributed by atoms with Crippen LogP contribution in [0.4, 0.5) is 13.2 Å². The van der Waals surface area contributed by atoms with E-state index in [9.17, 15) is 18.0 Å². The van der Waals surface area contributed by atoms with Crippen molar-refractivity contribution < 1.29 is 18.0 Å². The number of carbonyl (C=O) groups excluding carboxylic acids is 1. The maximum Gasteiger partial charge on any atom is 0.416 e. The van der Waals surface area contributed by atoms with Crippen LogP contribution in [0.3, 0.4) is 0 Å². The average Bonchev–Trinajstić information content (AvgIpc) is 3.12. The van der Waals surface area contributed by atoms with E-state index in [1.165, 1.54) is 12.1 Å². The van der Waals surface area contributed by atoms with Crippen LogP contribution in [-0.2, 0) is 12.7 Å². The third-order valence-electron chi connectivity index (χ3n) is 5.89. The normalized spacial score (nSPS) is 11.9. The van der Waals surface area contributed by atoms with E-state index in [-0.39, 0.29) is 12.1 Å². The molecule has 4 aromatic carbocycles. The minimum Gasteiger partial charge on any atom is -0.366 e. The number of benzene rings is 4. The first-order valence-corrected chi connectivity index (χ1v) is 10.8. The molecule has 0 saturated heterocycles. The molecule has 5 rings (SSSR count). The van der Waals surface area contributed by atoms with Crippen molar-refractivity contribution in [3.8, 4) is 11.1 Å². The van der Waals surface area contributed by atoms with Crippen molar-refractivity contribution in [1.82, 2.24) is 4.57 Å². The fourth-order valence-electron chi connectivity index (χ4n) is 4.35. The molecule has 5 aromatic rings. The molecule has 0 aliphatic heterocycles. The standard InChI is InChI=1S/C27H17ClF3N2O/c28-19-11-8-16(9-12-19)17-10-13-20-24(14-17)33(23-7-3-5-21(25(20)23)26(32)34)15-18-4-1-2-6-22(18)27(29,30)31/h1-12,14H,15H2,(H2,32,34). The molecule has 0 fully saturated rings. The van der Waals surface area contributed by atoms with E-state index in [1.54, 1.807) is 47.0 Å². The topological polar surface area (TPSA) is 48.0 Å². The highest BCUT2D eigenvalue weighted by molar-refractivity contribution is 6.30. The lowest BCUT2D eigenvalue weighted by molar-refractivity contribution is -0.138. The second-order valence-electron chi connectivity index (χ2n) is 7.96. The van der Waals surface area contributed by atoms with Crippen LogP contribution in [0.1, 0.15) is 21.5 Å². The highest BCUT2D eigenvalue weighted by Gasteiger charge is 2.33. The van der Waals surface area contributed by atoms with Crippen molar-refractivity contribution in [2.75, 3.05) is 0 Å². The predicted molar refractivity (Wildman–Crippen MR) is 128 cm³/mol. The lowest BCUT2D eigenvalue weighted by Crippen LogP contribution is -2.12. The molecule has 1 radical (unpaired) electrons. The van der Waals surface area contributed by atoms with Gasteiger partial charge in [0.1, 0.15) is 0 Å². The Kier molecular flexibility index (Phi) is 5.33. The van der Waals surface area contributed by atoms with E-state index in [4.69, 9.17) is 17.3 Å². The lowest BCUT2D eigenvalue weighted by Gasteiger charge is -2.15. The van der Waals surface area contributed by atoms with Gasteiger partial charge in [-0.3, -0.25) is 4.79 Å². The van der Waals surface area contributed by atoms with Crippen LogP contribution in [-0.4, -0.2) is 10.5 Å². The Hall–Kier alpha value is -3.77. The number of amides is 1. The average molecular weight is 478 g/mol. The number of hydrogen-bond acceptors (Lipinski definition) is 1. The van der Waals surface area contributed by atoms with Crippen LogP contribution in [0.5, 0.6) is 0 Å². The van der Waals surface area contributed by atoms with Crippen molar-refractivity contribution in [2.24, 2.45) is 5.73 Å². The molecule has 0 aliphatic rings. The minimum absolute atomic E-state index is 0.0458. The molecule has 2 N–H and O–H groups in total. The molecule has 0 unspecified atom stereocenters. The lowest BCUT2D eigenvalue weighted by atomic mass is 10.0. The third-order valence-corrected chi connectivity index (χ3v) is 6.14. The fraction of sp³-hybridized carbons (Fsp3) is 0.0741. The number of nitrogens with zero attached hydrogens (tertiary/aromatic N) is 1. The summed E-state index contributed by atoms with van der Waals surface area (Å²) in [7, 11) is 0. The fourth-order valence-corrected chi connectivity index (χ4v) is 4.47. The Morgan fingerprint density at radius 2 is 1.68 bits per heavy atom. The summed E-state index contributed by atoms with van der Waals surface area (Å²) in [6.45, 7) is -0.0458. The number of aromatic nitrogens is 1. The van der Waals surface area contributed by atoms with E-state index < -0.39 is 17.6 Å². The maximum atomic E-state index is 13.7. The summed E-state index contributed by atoms with van der Waals surface area (Å²) in [5.41, 5.74) is 8.29. The number of primary amides is 1. The monoisotopic (exact) mass is 477 g/mol. The summed E-state index contributed by atoms with van der Waals surface area (Å²) in [5, 5.41) is 1.78. The first kappa shape index (κ1) is 22.0. The number of fused-ring (bicyclic) bond motifs is 3. The van der Waals surface area contributed by atoms with Gasteiger partial charge in [-0.25, -0.2) is 0 Å². The van der Waals surface area contributed by atoms with E-state index in [0.717, 1.165) is 17.2 Å². The zero-order valence-corrected chi connectivity index (χ0v) is 18.4. The van der Waals surface area contributed by atoms with Crippen LogP contribution in [0, 0.1) is 6.07 Å². The van der Waals surface area contributed by atoms with Crippen LogP contribution < -0.4 is 5.73 Å². The van der Waals surface area contributed by atoms with Crippen molar-refractivity contribution in [1.29, 1.82) is 0 Å². The molecular formula is C27H17ClF3N2O. The van der Waals surface area contributed by atoms with E-state index in [0.29, 0.717) is 32.4 Å². The second-order valence-corrected chi connectivity index (χ2v) is 8.40. The molecule has 0 bridgehead atoms. The number of rotatable bonds is 4. The Bertz CT molecular complexity index is 1550. The Morgan fingerprint density at radius 1 is 0.941 bits per heavy atom. The Balaban J connectivity index is 1.80. The molecule has 34 heavy (non-hydrogen) atoms. The zero-order valence-electron chi connectivity index (χ0n) is 17.7. The minimum atomic E-state index is -4.49. The Labute approximate surface area is 198 Å². The van der Waals surface area contributed by atoms with Gasteiger partial charge < -0.3 is 10.3 Å².